The number of benzene rings is 2. The van der Waals surface area contributed by atoms with E-state index in [0.717, 1.165) is 84.0 Å². The van der Waals surface area contributed by atoms with Gasteiger partial charge in [0.1, 0.15) is 23.7 Å². The third-order valence-corrected chi connectivity index (χ3v) is 18.3. The highest BCUT2D eigenvalue weighted by Crippen LogP contribution is 2.42. The molecule has 3 amide bonds. The third-order valence-electron chi connectivity index (χ3n) is 12.4. The molecule has 2 heterocycles. The minimum Gasteiger partial charge on any atom is -0.508 e. The van der Waals surface area contributed by atoms with Crippen molar-refractivity contribution in [1.82, 2.24) is 34.9 Å². The number of carbonyl (C=O) groups is 3. The number of carbonyl (C=O) groups excluding carboxylic acids is 3. The fourth-order valence-electron chi connectivity index (χ4n) is 8.76. The number of nitrogens with zero attached hydrogens (tertiary/aromatic N) is 3. The first-order chi connectivity index (χ1) is 38.1. The maximum atomic E-state index is 13.6. The molecular formula is C58H91N7O13S4. The van der Waals surface area contributed by atoms with Gasteiger partial charge in [-0.3, -0.25) is 0 Å². The molecule has 4 aromatic rings. The van der Waals surface area contributed by atoms with Gasteiger partial charge in [0.15, 0.2) is 0 Å². The Labute approximate surface area is 495 Å². The van der Waals surface area contributed by atoms with E-state index in [0.29, 0.717) is 23.5 Å². The van der Waals surface area contributed by atoms with Gasteiger partial charge in [-0.05, 0) is 172 Å². The molecule has 6 rings (SSSR count). The molecule has 2 aliphatic rings. The number of hydrogen-bond donors (Lipinski definition) is 6. The molecule has 0 radical (unpaired) electrons. The van der Waals surface area contributed by atoms with E-state index in [9.17, 15) is 36.3 Å². The van der Waals surface area contributed by atoms with E-state index in [1.165, 1.54) is 45.8 Å². The number of amides is 3. The van der Waals surface area contributed by atoms with Crippen molar-refractivity contribution in [3.8, 4) is 32.4 Å². The van der Waals surface area contributed by atoms with Crippen LogP contribution in [-0.2, 0) is 34.3 Å². The Morgan fingerprint density at radius 1 is 0.683 bits per heavy atom. The first-order valence-corrected chi connectivity index (χ1v) is 32.8. The van der Waals surface area contributed by atoms with Crippen LogP contribution in [0.2, 0.25) is 0 Å². The lowest BCUT2D eigenvalue weighted by atomic mass is 9.86. The summed E-state index contributed by atoms with van der Waals surface area (Å²) in [5.41, 5.74) is -0.914. The predicted octanol–water partition coefficient (Wildman–Crippen LogP) is 11.8. The zero-order valence-corrected chi connectivity index (χ0v) is 53.9. The molecule has 82 heavy (non-hydrogen) atoms. The normalized spacial score (nSPS) is 17.8. The second kappa shape index (κ2) is 30.6. The number of aromatic nitrogens is 2. The number of phenolic OH excluding ortho intramolecular Hbond substituents is 1. The van der Waals surface area contributed by atoms with Crippen LogP contribution in [0, 0.1) is 0 Å². The van der Waals surface area contributed by atoms with Crippen LogP contribution in [0.15, 0.2) is 58.6 Å². The molecule has 0 unspecified atom stereocenters. The lowest BCUT2D eigenvalue weighted by molar-refractivity contribution is 0.0278. The number of sulfonamides is 2. The van der Waals surface area contributed by atoms with Gasteiger partial charge in [0.05, 0.1) is 48.3 Å². The number of nitrogens with one attached hydrogen (secondary N) is 4. The maximum Gasteiger partial charge on any atom is 0.410 e. The highest BCUT2D eigenvalue weighted by Gasteiger charge is 2.32. The number of aromatic hydroxyl groups is 1. The van der Waals surface area contributed by atoms with E-state index >= 15 is 0 Å². The van der Waals surface area contributed by atoms with Gasteiger partial charge in [-0.2, -0.15) is 0 Å². The maximum absolute atomic E-state index is 13.6. The number of likely N-dealkylation sites (N-methyl/N-ethyl adjacent to an activating group) is 1. The Kier molecular flexibility index (Phi) is 25.9. The number of aliphatic hydroxyl groups excluding tert-OH is 1. The average molecular weight is 1220 g/mol. The van der Waals surface area contributed by atoms with Crippen LogP contribution in [0.1, 0.15) is 183 Å². The van der Waals surface area contributed by atoms with Crippen LogP contribution in [0.5, 0.6) is 11.5 Å². The second-order valence-electron chi connectivity index (χ2n) is 24.3. The molecule has 460 valence electrons. The van der Waals surface area contributed by atoms with Gasteiger partial charge in [-0.1, -0.05) is 13.3 Å². The Hall–Kier alpha value is -5.11. The molecule has 2 aromatic carbocycles. The molecule has 0 aliphatic heterocycles. The van der Waals surface area contributed by atoms with Gasteiger partial charge in [0.2, 0.25) is 20.0 Å². The summed E-state index contributed by atoms with van der Waals surface area (Å²) in [4.78, 5) is 48.4. The number of hydrogen-bond acceptors (Lipinski definition) is 17. The van der Waals surface area contributed by atoms with Crippen LogP contribution in [-0.4, -0.2) is 128 Å². The zero-order chi connectivity index (χ0) is 61.4. The van der Waals surface area contributed by atoms with E-state index in [2.05, 4.69) is 37.0 Å². The number of aliphatic hydroxyl groups is 1. The Bertz CT molecular complexity index is 2910. The Morgan fingerprint density at radius 2 is 1.11 bits per heavy atom. The second-order valence-corrected chi connectivity index (χ2v) is 29.7. The SMILES string of the molecule is CC(C)OC(=O)NC1CCC(c2ncc(-c3ccc(O)cc3S(=O)(=O)NC(C)(C)C)s2)CC1.CC(C)OC(=O)NC1CCC(c2ncc(-c3ccc(OCCN(C)C(=O)OC(C)(C)C)cc3S(=O)(=O)NC(C)(C)C)s2)CC1.CCCCO. The minimum absolute atomic E-state index is 0.0317. The molecule has 2 aliphatic carbocycles. The summed E-state index contributed by atoms with van der Waals surface area (Å²) in [5.74, 6) is 0.741. The van der Waals surface area contributed by atoms with Gasteiger partial charge < -0.3 is 44.7 Å². The standard InChI is InChI=1S/C31H48N4O7S2.C23H33N3O5S2.C4H10O/c1-20(2)41-28(36)33-22-12-10-21(11-13-22)27-32-19-25(43-27)24-15-14-23(18-26(24)44(38,39)34-30(3,4)5)40-17-16-35(9)29(37)42-31(6,7)8;1-14(2)31-22(28)25-16-8-6-15(7-9-16)21-24-13-19(32-21)18-11-10-17(27)12-20(18)33(29,30)26-23(3,4)5;1-2-3-4-5/h14-15,18-22,34H,10-13,16-17H2,1-9H3,(H,33,36);10-16,26-27H,6-9H2,1-5H3,(H,25,28);5H,2-4H2,1H3. The Morgan fingerprint density at radius 3 is 1.49 bits per heavy atom. The number of rotatable bonds is 18. The topological polar surface area (TPSA) is 274 Å². The van der Waals surface area contributed by atoms with Crippen LogP contribution < -0.4 is 24.8 Å². The lowest BCUT2D eigenvalue weighted by Gasteiger charge is -2.28. The molecule has 0 spiro atoms. The molecule has 24 heteroatoms. The summed E-state index contributed by atoms with van der Waals surface area (Å²) in [5, 5.41) is 25.8. The quantitative estimate of drug-likeness (QED) is 0.0506. The number of alkyl carbamates (subject to hydrolysis) is 2. The van der Waals surface area contributed by atoms with Crippen molar-refractivity contribution in [2.24, 2.45) is 0 Å². The van der Waals surface area contributed by atoms with Crippen LogP contribution in [0.3, 0.4) is 0 Å². The summed E-state index contributed by atoms with van der Waals surface area (Å²) in [7, 11) is -6.15. The van der Waals surface area contributed by atoms with Gasteiger partial charge in [0.25, 0.3) is 0 Å². The monoisotopic (exact) mass is 1220 g/mol. The van der Waals surface area contributed by atoms with E-state index in [1.54, 1.807) is 100.0 Å². The van der Waals surface area contributed by atoms with Crippen LogP contribution in [0.25, 0.3) is 20.9 Å². The first kappa shape index (κ1) is 69.4. The molecule has 2 saturated carbocycles. The molecule has 6 N–H and O–H groups in total. The van der Waals surface area contributed by atoms with Crippen molar-refractivity contribution in [2.75, 3.05) is 26.8 Å². The van der Waals surface area contributed by atoms with E-state index in [4.69, 9.17) is 24.1 Å². The predicted molar refractivity (Wildman–Crippen MR) is 323 cm³/mol. The molecular weight excluding hydrogens is 1130 g/mol. The highest BCUT2D eigenvalue weighted by molar-refractivity contribution is 7.90. The molecule has 0 saturated heterocycles. The van der Waals surface area contributed by atoms with Gasteiger partial charge in [-0.25, -0.2) is 50.6 Å². The molecule has 0 atom stereocenters. The van der Waals surface area contributed by atoms with E-state index in [1.807, 2.05) is 27.7 Å². The summed E-state index contributed by atoms with van der Waals surface area (Å²) in [6.07, 6.45) is 10.7. The number of unbranched alkanes of at least 4 members (excludes halogenated alkanes) is 1. The average Bonchev–Trinajstić information content (AvgIpc) is 4.23. The van der Waals surface area contributed by atoms with Crippen molar-refractivity contribution < 1.29 is 60.4 Å². The third kappa shape index (κ3) is 23.5. The van der Waals surface area contributed by atoms with Crippen molar-refractivity contribution in [2.45, 2.75) is 224 Å². The summed E-state index contributed by atoms with van der Waals surface area (Å²) < 4.78 is 80.2. The van der Waals surface area contributed by atoms with Crippen molar-refractivity contribution in [3.63, 3.8) is 0 Å². The van der Waals surface area contributed by atoms with Crippen LogP contribution in [0.4, 0.5) is 14.4 Å². The molecule has 0 bridgehead atoms. The number of phenols is 1. The largest absolute Gasteiger partial charge is 0.508 e. The lowest BCUT2D eigenvalue weighted by Crippen LogP contribution is -2.40. The molecule has 20 nitrogen and oxygen atoms in total. The van der Waals surface area contributed by atoms with Gasteiger partial charge in [-0.15, -0.1) is 22.7 Å². The smallest absolute Gasteiger partial charge is 0.410 e. The zero-order valence-electron chi connectivity index (χ0n) is 50.6. The van der Waals surface area contributed by atoms with E-state index in [-0.39, 0.29) is 77.0 Å². The van der Waals surface area contributed by atoms with Crippen molar-refractivity contribution in [3.05, 3.63) is 58.8 Å². The highest BCUT2D eigenvalue weighted by atomic mass is 32.2. The van der Waals surface area contributed by atoms with Gasteiger partial charge >= 0.3 is 18.3 Å². The number of ether oxygens (including phenoxy) is 4. The minimum atomic E-state index is -3.93. The first-order valence-electron chi connectivity index (χ1n) is 28.2. The van der Waals surface area contributed by atoms with Crippen LogP contribution >= 0.6 is 22.7 Å². The fourth-order valence-corrected chi connectivity index (χ4v) is 14.5. The van der Waals surface area contributed by atoms with E-state index < -0.39 is 42.8 Å². The summed E-state index contributed by atoms with van der Waals surface area (Å²) >= 11 is 2.96. The molecule has 2 aromatic heterocycles. The summed E-state index contributed by atoms with van der Waals surface area (Å²) in [6.45, 7) is 26.2. The van der Waals surface area contributed by atoms with Crippen molar-refractivity contribution in [1.29, 1.82) is 0 Å². The van der Waals surface area contributed by atoms with Crippen molar-refractivity contribution >= 4 is 61.0 Å². The fraction of sp³-hybridized carbons (Fsp3) is 0.638. The molecule has 2 fully saturated rings. The summed E-state index contributed by atoms with van der Waals surface area (Å²) in [6, 6.07) is 9.51. The van der Waals surface area contributed by atoms with Gasteiger partial charge in [0, 0.05) is 84.3 Å². The number of thiazole rings is 2. The Balaban J connectivity index is 0.000000336.